The zero-order chi connectivity index (χ0) is 21.3. The van der Waals surface area contributed by atoms with E-state index in [4.69, 9.17) is 0 Å². The van der Waals surface area contributed by atoms with Gasteiger partial charge in [-0.15, -0.1) is 24.9 Å². The third-order valence-corrected chi connectivity index (χ3v) is 4.94. The number of hydrogen-bond acceptors (Lipinski definition) is 4. The molecule has 2 amide bonds. The number of alkyl halides is 3. The van der Waals surface area contributed by atoms with Gasteiger partial charge in [-0.2, -0.15) is 0 Å². The number of benzene rings is 2. The van der Waals surface area contributed by atoms with Crippen molar-refractivity contribution < 1.29 is 31.9 Å². The van der Waals surface area contributed by atoms with E-state index in [0.717, 1.165) is 17.0 Å². The zero-order valence-corrected chi connectivity index (χ0v) is 16.1. The Morgan fingerprint density at radius 1 is 0.931 bits per heavy atom. The van der Waals surface area contributed by atoms with Crippen molar-refractivity contribution in [3.63, 3.8) is 0 Å². The van der Waals surface area contributed by atoms with Crippen LogP contribution in [0.2, 0.25) is 0 Å². The van der Waals surface area contributed by atoms with Gasteiger partial charge in [0.05, 0.1) is 16.2 Å². The van der Waals surface area contributed by atoms with Crippen molar-refractivity contribution in [3.8, 4) is 5.75 Å². The molecule has 1 aliphatic heterocycles. The molecule has 9 heteroatoms. The molecule has 1 aliphatic rings. The van der Waals surface area contributed by atoms with E-state index in [-0.39, 0.29) is 21.4 Å². The van der Waals surface area contributed by atoms with Crippen LogP contribution in [0.1, 0.15) is 19.4 Å². The third kappa shape index (κ3) is 4.61. The molecular weight excluding hydrogens is 410 g/mol. The number of amides is 2. The Kier molecular flexibility index (Phi) is 5.70. The van der Waals surface area contributed by atoms with Crippen molar-refractivity contribution in [2.75, 3.05) is 4.90 Å². The summed E-state index contributed by atoms with van der Waals surface area (Å²) in [5.41, 5.74) is 0.616. The highest BCUT2D eigenvalue weighted by Crippen LogP contribution is 2.40. The van der Waals surface area contributed by atoms with Crippen LogP contribution in [0.3, 0.4) is 0 Å². The molecule has 0 bridgehead atoms. The van der Waals surface area contributed by atoms with Crippen LogP contribution < -0.4 is 9.64 Å². The predicted molar refractivity (Wildman–Crippen MR) is 102 cm³/mol. The molecule has 0 saturated heterocycles. The highest BCUT2D eigenvalue weighted by Gasteiger charge is 2.40. The lowest BCUT2D eigenvalue weighted by atomic mass is 10.1. The molecule has 0 unspecified atom stereocenters. The van der Waals surface area contributed by atoms with Crippen molar-refractivity contribution in [1.82, 2.24) is 0 Å². The Balaban J connectivity index is 1.98. The summed E-state index contributed by atoms with van der Waals surface area (Å²) in [5, 5.41) is -0.0142. The molecule has 152 valence electrons. The van der Waals surface area contributed by atoms with Gasteiger partial charge in [0.15, 0.2) is 0 Å². The number of halogens is 4. The highest BCUT2D eigenvalue weighted by molar-refractivity contribution is 8.04. The summed E-state index contributed by atoms with van der Waals surface area (Å²) in [6, 6.07) is 9.61. The Morgan fingerprint density at radius 2 is 1.52 bits per heavy atom. The normalized spacial score (nSPS) is 14.9. The average molecular weight is 425 g/mol. The van der Waals surface area contributed by atoms with Crippen LogP contribution in [0.25, 0.3) is 5.57 Å². The topological polar surface area (TPSA) is 46.6 Å². The van der Waals surface area contributed by atoms with E-state index in [9.17, 15) is 27.2 Å². The lowest BCUT2D eigenvalue weighted by molar-refractivity contribution is -0.274. The number of nitrogens with zero attached hydrogens (tertiary/aromatic N) is 1. The van der Waals surface area contributed by atoms with Gasteiger partial charge in [0.1, 0.15) is 11.6 Å². The SMILES string of the molecule is CC(C)SC1=C(c2ccc(F)cc2)C(=O)N(c2ccc(OC(F)(F)F)cc2)C1=O. The molecular formula is C20H15F4NO3S. The van der Waals surface area contributed by atoms with Crippen LogP contribution in [0, 0.1) is 5.82 Å². The number of imide groups is 1. The second kappa shape index (κ2) is 7.90. The van der Waals surface area contributed by atoms with Gasteiger partial charge in [-0.3, -0.25) is 9.59 Å². The van der Waals surface area contributed by atoms with E-state index in [0.29, 0.717) is 5.56 Å². The highest BCUT2D eigenvalue weighted by atomic mass is 32.2. The molecule has 0 radical (unpaired) electrons. The Morgan fingerprint density at radius 3 is 2.03 bits per heavy atom. The summed E-state index contributed by atoms with van der Waals surface area (Å²) in [6.45, 7) is 3.70. The predicted octanol–water partition coefficient (Wildman–Crippen LogP) is 5.15. The maximum absolute atomic E-state index is 13.3. The molecule has 0 aromatic heterocycles. The largest absolute Gasteiger partial charge is 0.573 e. The monoisotopic (exact) mass is 425 g/mol. The molecule has 0 atom stereocenters. The Hall–Kier alpha value is -2.81. The fraction of sp³-hybridized carbons (Fsp3) is 0.200. The summed E-state index contributed by atoms with van der Waals surface area (Å²) in [4.78, 5) is 27.1. The lowest BCUT2D eigenvalue weighted by Gasteiger charge is -2.16. The Labute approximate surface area is 168 Å². The fourth-order valence-corrected chi connectivity index (χ4v) is 3.74. The van der Waals surface area contributed by atoms with E-state index in [1.54, 1.807) is 0 Å². The first-order valence-corrected chi connectivity index (χ1v) is 9.36. The number of carbonyl (C=O) groups is 2. The number of hydrogen-bond donors (Lipinski definition) is 0. The van der Waals surface area contributed by atoms with Gasteiger partial charge in [-0.25, -0.2) is 9.29 Å². The van der Waals surface area contributed by atoms with Crippen LogP contribution in [0.4, 0.5) is 23.2 Å². The quantitative estimate of drug-likeness (QED) is 0.491. The summed E-state index contributed by atoms with van der Waals surface area (Å²) >= 11 is 1.19. The van der Waals surface area contributed by atoms with Crippen LogP contribution in [0.5, 0.6) is 5.75 Å². The van der Waals surface area contributed by atoms with E-state index in [1.807, 2.05) is 13.8 Å². The van der Waals surface area contributed by atoms with Gasteiger partial charge in [0, 0.05) is 5.25 Å². The molecule has 29 heavy (non-hydrogen) atoms. The molecule has 4 nitrogen and oxygen atoms in total. The van der Waals surface area contributed by atoms with Crippen molar-refractivity contribution in [2.45, 2.75) is 25.5 Å². The molecule has 0 saturated carbocycles. The number of carbonyl (C=O) groups excluding carboxylic acids is 2. The van der Waals surface area contributed by atoms with Crippen LogP contribution in [-0.4, -0.2) is 23.4 Å². The summed E-state index contributed by atoms with van der Waals surface area (Å²) < 4.78 is 54.1. The molecule has 3 rings (SSSR count). The van der Waals surface area contributed by atoms with E-state index < -0.39 is 29.7 Å². The lowest BCUT2D eigenvalue weighted by Crippen LogP contribution is -2.31. The van der Waals surface area contributed by atoms with Gasteiger partial charge < -0.3 is 4.74 Å². The van der Waals surface area contributed by atoms with Crippen molar-refractivity contribution in [3.05, 3.63) is 64.8 Å². The van der Waals surface area contributed by atoms with E-state index in [1.165, 1.54) is 48.2 Å². The first-order chi connectivity index (χ1) is 13.6. The summed E-state index contributed by atoms with van der Waals surface area (Å²) in [7, 11) is 0. The van der Waals surface area contributed by atoms with E-state index >= 15 is 0 Å². The van der Waals surface area contributed by atoms with Crippen LogP contribution >= 0.6 is 11.8 Å². The van der Waals surface area contributed by atoms with Gasteiger partial charge in [0.2, 0.25) is 0 Å². The third-order valence-electron chi connectivity index (χ3n) is 3.86. The van der Waals surface area contributed by atoms with E-state index in [2.05, 4.69) is 4.74 Å². The number of thioether (sulfide) groups is 1. The Bertz CT molecular complexity index is 967. The van der Waals surface area contributed by atoms with Crippen molar-refractivity contribution in [1.29, 1.82) is 0 Å². The number of rotatable bonds is 5. The summed E-state index contributed by atoms with van der Waals surface area (Å²) in [6.07, 6.45) is -4.85. The maximum atomic E-state index is 13.3. The van der Waals surface area contributed by atoms with Gasteiger partial charge >= 0.3 is 6.36 Å². The summed E-state index contributed by atoms with van der Waals surface area (Å²) in [5.74, 6) is -2.17. The molecule has 0 spiro atoms. The minimum Gasteiger partial charge on any atom is -0.406 e. The zero-order valence-electron chi connectivity index (χ0n) is 15.3. The first-order valence-electron chi connectivity index (χ1n) is 8.48. The minimum atomic E-state index is -4.85. The molecule has 0 aliphatic carbocycles. The smallest absolute Gasteiger partial charge is 0.406 e. The van der Waals surface area contributed by atoms with Gasteiger partial charge in [-0.1, -0.05) is 26.0 Å². The standard InChI is InChI=1S/C20H15F4NO3S/c1-11(2)29-17-16(12-3-5-13(21)6-4-12)18(26)25(19(17)27)14-7-9-15(10-8-14)28-20(22,23)24/h3-11H,1-2H3. The molecule has 0 N–H and O–H groups in total. The number of anilines is 1. The van der Waals surface area contributed by atoms with Crippen molar-refractivity contribution >= 4 is 34.8 Å². The second-order valence-electron chi connectivity index (χ2n) is 6.37. The minimum absolute atomic E-state index is 0.0142. The first kappa shape index (κ1) is 20.9. The maximum Gasteiger partial charge on any atom is 0.573 e. The molecule has 2 aromatic carbocycles. The number of ether oxygens (including phenoxy) is 1. The van der Waals surface area contributed by atoms with Crippen LogP contribution in [-0.2, 0) is 9.59 Å². The van der Waals surface area contributed by atoms with Gasteiger partial charge in [0.25, 0.3) is 11.8 Å². The second-order valence-corrected chi connectivity index (χ2v) is 7.95. The van der Waals surface area contributed by atoms with Crippen molar-refractivity contribution in [2.24, 2.45) is 0 Å². The fourth-order valence-electron chi connectivity index (χ4n) is 2.76. The molecule has 2 aromatic rings. The molecule has 1 heterocycles. The van der Waals surface area contributed by atoms with Gasteiger partial charge in [-0.05, 0) is 42.0 Å². The molecule has 0 fully saturated rings. The average Bonchev–Trinajstić information content (AvgIpc) is 2.85. The van der Waals surface area contributed by atoms with Crippen LogP contribution in [0.15, 0.2) is 53.4 Å².